The van der Waals surface area contributed by atoms with Gasteiger partial charge in [-0.25, -0.2) is 13.2 Å². The van der Waals surface area contributed by atoms with Crippen LogP contribution in [0.2, 0.25) is 0 Å². The van der Waals surface area contributed by atoms with E-state index in [2.05, 4.69) is 4.72 Å². The number of sulfonamides is 1. The summed E-state index contributed by atoms with van der Waals surface area (Å²) in [7, 11) is -3.89. The SMILES string of the molecule is Cc1ccccc1NS(=O)(=O)c1cc(C(=O)O)oc1C. The molecule has 0 bridgehead atoms. The number of anilines is 1. The maximum atomic E-state index is 12.2. The Kier molecular flexibility index (Phi) is 3.54. The lowest BCUT2D eigenvalue weighted by Gasteiger charge is -2.09. The number of para-hydroxylation sites is 1. The Bertz CT molecular complexity index is 761. The molecular formula is C13H13NO5S. The van der Waals surface area contributed by atoms with Gasteiger partial charge in [0.05, 0.1) is 5.69 Å². The van der Waals surface area contributed by atoms with E-state index in [0.29, 0.717) is 5.69 Å². The summed E-state index contributed by atoms with van der Waals surface area (Å²) in [6.45, 7) is 3.17. The van der Waals surface area contributed by atoms with Crippen molar-refractivity contribution >= 4 is 21.7 Å². The molecule has 2 rings (SSSR count). The summed E-state index contributed by atoms with van der Waals surface area (Å²) in [4.78, 5) is 10.6. The first kappa shape index (κ1) is 14.1. The average molecular weight is 295 g/mol. The first-order valence-corrected chi connectivity index (χ1v) is 7.22. The van der Waals surface area contributed by atoms with Crippen LogP contribution in [0.4, 0.5) is 5.69 Å². The third-order valence-electron chi connectivity index (χ3n) is 2.76. The smallest absolute Gasteiger partial charge is 0.371 e. The van der Waals surface area contributed by atoms with E-state index in [-0.39, 0.29) is 10.7 Å². The van der Waals surface area contributed by atoms with Crippen molar-refractivity contribution in [2.24, 2.45) is 0 Å². The fraction of sp³-hybridized carbons (Fsp3) is 0.154. The largest absolute Gasteiger partial charge is 0.475 e. The van der Waals surface area contributed by atoms with Gasteiger partial charge >= 0.3 is 5.97 Å². The molecule has 0 aliphatic rings. The monoisotopic (exact) mass is 295 g/mol. The number of aryl methyl sites for hydroxylation is 2. The predicted octanol–water partition coefficient (Wildman–Crippen LogP) is 2.40. The van der Waals surface area contributed by atoms with Crippen molar-refractivity contribution in [3.8, 4) is 0 Å². The number of carboxylic acid groups (broad SMARTS) is 1. The maximum absolute atomic E-state index is 12.2. The van der Waals surface area contributed by atoms with Gasteiger partial charge < -0.3 is 9.52 Å². The Morgan fingerprint density at radius 3 is 2.45 bits per heavy atom. The summed E-state index contributed by atoms with van der Waals surface area (Å²) in [5, 5.41) is 8.81. The molecule has 1 aromatic carbocycles. The summed E-state index contributed by atoms with van der Waals surface area (Å²) >= 11 is 0. The molecule has 0 saturated heterocycles. The number of hydrogen-bond acceptors (Lipinski definition) is 4. The molecule has 0 spiro atoms. The van der Waals surface area contributed by atoms with Crippen molar-refractivity contribution in [3.05, 3.63) is 47.4 Å². The molecule has 7 heteroatoms. The van der Waals surface area contributed by atoms with E-state index >= 15 is 0 Å². The molecule has 1 heterocycles. The Balaban J connectivity index is 2.41. The number of nitrogens with one attached hydrogen (secondary N) is 1. The van der Waals surface area contributed by atoms with Crippen molar-refractivity contribution in [2.45, 2.75) is 18.7 Å². The summed E-state index contributed by atoms with van der Waals surface area (Å²) in [6.07, 6.45) is 0. The number of hydrogen-bond donors (Lipinski definition) is 2. The van der Waals surface area contributed by atoms with Gasteiger partial charge in [0.2, 0.25) is 5.76 Å². The highest BCUT2D eigenvalue weighted by molar-refractivity contribution is 7.92. The topological polar surface area (TPSA) is 96.6 Å². The number of furan rings is 1. The van der Waals surface area contributed by atoms with E-state index < -0.39 is 21.8 Å². The zero-order chi connectivity index (χ0) is 14.9. The van der Waals surface area contributed by atoms with Crippen LogP contribution < -0.4 is 4.72 Å². The lowest BCUT2D eigenvalue weighted by molar-refractivity contribution is 0.0661. The van der Waals surface area contributed by atoms with E-state index in [1.165, 1.54) is 6.92 Å². The van der Waals surface area contributed by atoms with Gasteiger partial charge in [0, 0.05) is 6.07 Å². The summed E-state index contributed by atoms with van der Waals surface area (Å²) < 4.78 is 31.8. The molecule has 2 N–H and O–H groups in total. The highest BCUT2D eigenvalue weighted by Gasteiger charge is 2.24. The Hall–Kier alpha value is -2.28. The van der Waals surface area contributed by atoms with Gasteiger partial charge in [0.1, 0.15) is 10.7 Å². The molecule has 0 unspecified atom stereocenters. The van der Waals surface area contributed by atoms with Gasteiger partial charge in [-0.05, 0) is 25.5 Å². The van der Waals surface area contributed by atoms with Gasteiger partial charge in [0.15, 0.2) is 0 Å². The second-order valence-electron chi connectivity index (χ2n) is 4.26. The van der Waals surface area contributed by atoms with Crippen LogP contribution in [0.3, 0.4) is 0 Å². The van der Waals surface area contributed by atoms with E-state index in [1.54, 1.807) is 31.2 Å². The van der Waals surface area contributed by atoms with Crippen LogP contribution in [-0.4, -0.2) is 19.5 Å². The van der Waals surface area contributed by atoms with E-state index in [4.69, 9.17) is 9.52 Å². The number of aromatic carboxylic acids is 1. The van der Waals surface area contributed by atoms with E-state index in [0.717, 1.165) is 11.6 Å². The van der Waals surface area contributed by atoms with Crippen LogP contribution in [0, 0.1) is 13.8 Å². The molecule has 0 aliphatic heterocycles. The molecule has 0 aliphatic carbocycles. The third kappa shape index (κ3) is 2.67. The van der Waals surface area contributed by atoms with Gasteiger partial charge in [-0.2, -0.15) is 0 Å². The minimum Gasteiger partial charge on any atom is -0.475 e. The maximum Gasteiger partial charge on any atom is 0.371 e. The highest BCUT2D eigenvalue weighted by atomic mass is 32.2. The summed E-state index contributed by atoms with van der Waals surface area (Å²) in [6, 6.07) is 7.88. The van der Waals surface area contributed by atoms with Crippen molar-refractivity contribution < 1.29 is 22.7 Å². The van der Waals surface area contributed by atoms with Crippen LogP contribution in [0.15, 0.2) is 39.6 Å². The number of rotatable bonds is 4. The lowest BCUT2D eigenvalue weighted by Crippen LogP contribution is -2.14. The molecule has 20 heavy (non-hydrogen) atoms. The second kappa shape index (κ2) is 5.01. The molecule has 106 valence electrons. The number of benzene rings is 1. The zero-order valence-corrected chi connectivity index (χ0v) is 11.7. The van der Waals surface area contributed by atoms with Crippen LogP contribution in [0.5, 0.6) is 0 Å². The van der Waals surface area contributed by atoms with Crippen molar-refractivity contribution in [2.75, 3.05) is 4.72 Å². The van der Waals surface area contributed by atoms with Crippen LogP contribution in [-0.2, 0) is 10.0 Å². The molecule has 0 atom stereocenters. The first-order chi connectivity index (χ1) is 9.31. The zero-order valence-electron chi connectivity index (χ0n) is 10.9. The lowest BCUT2D eigenvalue weighted by atomic mass is 10.2. The molecule has 0 radical (unpaired) electrons. The van der Waals surface area contributed by atoms with Crippen molar-refractivity contribution in [1.82, 2.24) is 0 Å². The Morgan fingerprint density at radius 2 is 1.90 bits per heavy atom. The molecule has 1 aromatic heterocycles. The van der Waals surface area contributed by atoms with Gasteiger partial charge in [-0.1, -0.05) is 18.2 Å². The van der Waals surface area contributed by atoms with Gasteiger partial charge in [0.25, 0.3) is 10.0 Å². The van der Waals surface area contributed by atoms with Crippen LogP contribution in [0.25, 0.3) is 0 Å². The molecule has 0 amide bonds. The number of carboxylic acids is 1. The second-order valence-corrected chi connectivity index (χ2v) is 5.91. The normalized spacial score (nSPS) is 11.3. The molecular weight excluding hydrogens is 282 g/mol. The first-order valence-electron chi connectivity index (χ1n) is 5.73. The third-order valence-corrected chi connectivity index (χ3v) is 4.23. The molecule has 2 aromatic rings. The highest BCUT2D eigenvalue weighted by Crippen LogP contribution is 2.24. The molecule has 6 nitrogen and oxygen atoms in total. The van der Waals surface area contributed by atoms with Crippen molar-refractivity contribution in [3.63, 3.8) is 0 Å². The fourth-order valence-electron chi connectivity index (χ4n) is 1.72. The van der Waals surface area contributed by atoms with Gasteiger partial charge in [-0.3, -0.25) is 4.72 Å². The Labute approximate surface area is 116 Å². The standard InChI is InChI=1S/C13H13NO5S/c1-8-5-3-4-6-10(8)14-20(17,18)12-7-11(13(15)16)19-9(12)2/h3-7,14H,1-2H3,(H,15,16). The minimum atomic E-state index is -3.89. The molecule has 0 fully saturated rings. The average Bonchev–Trinajstić information content (AvgIpc) is 2.75. The summed E-state index contributed by atoms with van der Waals surface area (Å²) in [5.74, 6) is -1.69. The minimum absolute atomic E-state index is 0.0310. The molecule has 0 saturated carbocycles. The number of carbonyl (C=O) groups is 1. The van der Waals surface area contributed by atoms with Gasteiger partial charge in [-0.15, -0.1) is 0 Å². The van der Waals surface area contributed by atoms with E-state index in [1.807, 2.05) is 0 Å². The van der Waals surface area contributed by atoms with Crippen molar-refractivity contribution in [1.29, 1.82) is 0 Å². The predicted molar refractivity (Wildman–Crippen MR) is 72.4 cm³/mol. The fourth-order valence-corrected chi connectivity index (χ4v) is 3.04. The van der Waals surface area contributed by atoms with E-state index in [9.17, 15) is 13.2 Å². The Morgan fingerprint density at radius 1 is 1.25 bits per heavy atom. The summed E-state index contributed by atoms with van der Waals surface area (Å²) in [5.41, 5.74) is 1.20. The van der Waals surface area contributed by atoms with Crippen LogP contribution >= 0.6 is 0 Å². The quantitative estimate of drug-likeness (QED) is 0.902. The van der Waals surface area contributed by atoms with Crippen LogP contribution in [0.1, 0.15) is 21.9 Å².